The van der Waals surface area contributed by atoms with Crippen molar-refractivity contribution in [2.24, 2.45) is 0 Å². The SMILES string of the molecule is CCOc1ccc2ccccc2c1/C=C/C(=O)OC(C)(C)C. The second kappa shape index (κ2) is 6.65. The first-order chi connectivity index (χ1) is 10.4. The molecule has 0 saturated heterocycles. The zero-order valence-corrected chi connectivity index (χ0v) is 13.6. The van der Waals surface area contributed by atoms with Crippen molar-refractivity contribution in [3.05, 3.63) is 48.0 Å². The number of benzene rings is 2. The van der Waals surface area contributed by atoms with Gasteiger partial charge < -0.3 is 9.47 Å². The van der Waals surface area contributed by atoms with Crippen LogP contribution in [0.5, 0.6) is 5.75 Å². The summed E-state index contributed by atoms with van der Waals surface area (Å²) in [5, 5.41) is 2.16. The van der Waals surface area contributed by atoms with E-state index in [4.69, 9.17) is 9.47 Å². The van der Waals surface area contributed by atoms with E-state index in [0.29, 0.717) is 6.61 Å². The van der Waals surface area contributed by atoms with Crippen molar-refractivity contribution < 1.29 is 14.3 Å². The number of hydrogen-bond acceptors (Lipinski definition) is 3. The lowest BCUT2D eigenvalue weighted by Gasteiger charge is -2.18. The predicted octanol–water partition coefficient (Wildman–Crippen LogP) is 4.59. The summed E-state index contributed by atoms with van der Waals surface area (Å²) in [6.07, 6.45) is 3.22. The van der Waals surface area contributed by atoms with E-state index < -0.39 is 5.60 Å². The number of esters is 1. The van der Waals surface area contributed by atoms with Crippen molar-refractivity contribution in [1.82, 2.24) is 0 Å². The van der Waals surface area contributed by atoms with Crippen LogP contribution in [0.2, 0.25) is 0 Å². The zero-order chi connectivity index (χ0) is 16.2. The normalized spacial score (nSPS) is 11.8. The molecule has 3 heteroatoms. The molecule has 3 nitrogen and oxygen atoms in total. The summed E-state index contributed by atoms with van der Waals surface area (Å²) in [6, 6.07) is 12.0. The first kappa shape index (κ1) is 16.1. The molecule has 0 heterocycles. The highest BCUT2D eigenvalue weighted by atomic mass is 16.6. The summed E-state index contributed by atoms with van der Waals surface area (Å²) in [6.45, 7) is 8.06. The van der Waals surface area contributed by atoms with Crippen LogP contribution in [0.4, 0.5) is 0 Å². The Labute approximate surface area is 131 Å². The smallest absolute Gasteiger partial charge is 0.331 e. The zero-order valence-electron chi connectivity index (χ0n) is 13.6. The van der Waals surface area contributed by atoms with Crippen LogP contribution in [-0.2, 0) is 9.53 Å². The topological polar surface area (TPSA) is 35.5 Å². The molecule has 0 bridgehead atoms. The molecule has 0 aliphatic carbocycles. The summed E-state index contributed by atoms with van der Waals surface area (Å²) >= 11 is 0. The Kier molecular flexibility index (Phi) is 4.86. The van der Waals surface area contributed by atoms with E-state index >= 15 is 0 Å². The fraction of sp³-hybridized carbons (Fsp3) is 0.316. The third-order valence-corrected chi connectivity index (χ3v) is 3.02. The molecule has 0 aliphatic heterocycles. The number of carbonyl (C=O) groups excluding carboxylic acids is 1. The second-order valence-corrected chi connectivity index (χ2v) is 6.00. The molecular formula is C19H22O3. The van der Waals surface area contributed by atoms with Crippen molar-refractivity contribution in [3.63, 3.8) is 0 Å². The number of fused-ring (bicyclic) bond motifs is 1. The monoisotopic (exact) mass is 298 g/mol. The van der Waals surface area contributed by atoms with Gasteiger partial charge in [-0.3, -0.25) is 0 Å². The average Bonchev–Trinajstić information content (AvgIpc) is 2.44. The van der Waals surface area contributed by atoms with Crippen molar-refractivity contribution in [3.8, 4) is 5.75 Å². The van der Waals surface area contributed by atoms with Crippen LogP contribution in [0.1, 0.15) is 33.3 Å². The molecule has 2 aromatic rings. The molecule has 0 amide bonds. The minimum atomic E-state index is -0.497. The quantitative estimate of drug-likeness (QED) is 0.611. The fourth-order valence-corrected chi connectivity index (χ4v) is 2.22. The van der Waals surface area contributed by atoms with Gasteiger partial charge in [0.25, 0.3) is 0 Å². The number of carbonyl (C=O) groups is 1. The summed E-state index contributed by atoms with van der Waals surface area (Å²) < 4.78 is 11.0. The van der Waals surface area contributed by atoms with Gasteiger partial charge in [-0.1, -0.05) is 30.3 Å². The first-order valence-electron chi connectivity index (χ1n) is 7.46. The van der Waals surface area contributed by atoms with Gasteiger partial charge in [0, 0.05) is 11.6 Å². The molecule has 0 aliphatic rings. The maximum absolute atomic E-state index is 11.9. The lowest BCUT2D eigenvalue weighted by Crippen LogP contribution is -2.22. The maximum Gasteiger partial charge on any atom is 0.331 e. The Balaban J connectivity index is 2.39. The number of rotatable bonds is 4. The Bertz CT molecular complexity index is 693. The van der Waals surface area contributed by atoms with Crippen LogP contribution in [0.3, 0.4) is 0 Å². The maximum atomic E-state index is 11.9. The van der Waals surface area contributed by atoms with Gasteiger partial charge in [0.05, 0.1) is 6.61 Å². The van der Waals surface area contributed by atoms with Gasteiger partial charge in [-0.25, -0.2) is 4.79 Å². The highest BCUT2D eigenvalue weighted by Crippen LogP contribution is 2.29. The van der Waals surface area contributed by atoms with Crippen molar-refractivity contribution in [2.75, 3.05) is 6.61 Å². The molecule has 0 radical (unpaired) electrons. The minimum Gasteiger partial charge on any atom is -0.493 e. The van der Waals surface area contributed by atoms with Crippen LogP contribution in [0.25, 0.3) is 16.8 Å². The summed E-state index contributed by atoms with van der Waals surface area (Å²) in [5.74, 6) is 0.406. The fourth-order valence-electron chi connectivity index (χ4n) is 2.22. The van der Waals surface area contributed by atoms with Crippen molar-refractivity contribution in [2.45, 2.75) is 33.3 Å². The Morgan fingerprint density at radius 1 is 1.14 bits per heavy atom. The number of hydrogen-bond donors (Lipinski definition) is 0. The van der Waals surface area contributed by atoms with Crippen molar-refractivity contribution in [1.29, 1.82) is 0 Å². The van der Waals surface area contributed by atoms with Gasteiger partial charge in [-0.2, -0.15) is 0 Å². The van der Waals surface area contributed by atoms with E-state index in [1.165, 1.54) is 6.08 Å². The van der Waals surface area contributed by atoms with E-state index in [-0.39, 0.29) is 5.97 Å². The highest BCUT2D eigenvalue weighted by molar-refractivity contribution is 5.96. The standard InChI is InChI=1S/C19H22O3/c1-5-21-17-12-10-14-8-6-7-9-15(14)16(17)11-13-18(20)22-19(2,3)4/h6-13H,5H2,1-4H3/b13-11+. The first-order valence-corrected chi connectivity index (χ1v) is 7.46. The van der Waals surface area contributed by atoms with Gasteiger partial charge >= 0.3 is 5.97 Å². The molecule has 22 heavy (non-hydrogen) atoms. The van der Waals surface area contributed by atoms with Gasteiger partial charge in [0.2, 0.25) is 0 Å². The third-order valence-electron chi connectivity index (χ3n) is 3.02. The van der Waals surface area contributed by atoms with E-state index in [0.717, 1.165) is 22.1 Å². The van der Waals surface area contributed by atoms with Crippen LogP contribution >= 0.6 is 0 Å². The predicted molar refractivity (Wildman–Crippen MR) is 90.0 cm³/mol. The lowest BCUT2D eigenvalue weighted by atomic mass is 10.0. The summed E-state index contributed by atoms with van der Waals surface area (Å²) in [5.41, 5.74) is 0.397. The van der Waals surface area contributed by atoms with E-state index in [2.05, 4.69) is 0 Å². The third kappa shape index (κ3) is 4.10. The Morgan fingerprint density at radius 3 is 2.55 bits per heavy atom. The highest BCUT2D eigenvalue weighted by Gasteiger charge is 2.14. The van der Waals surface area contributed by atoms with Crippen molar-refractivity contribution >= 4 is 22.8 Å². The van der Waals surface area contributed by atoms with Gasteiger partial charge in [0.15, 0.2) is 0 Å². The molecule has 2 aromatic carbocycles. The molecule has 2 rings (SSSR count). The summed E-state index contributed by atoms with van der Waals surface area (Å²) in [7, 11) is 0. The van der Waals surface area contributed by atoms with Crippen LogP contribution in [0.15, 0.2) is 42.5 Å². The molecule has 0 atom stereocenters. The molecule has 0 aromatic heterocycles. The van der Waals surface area contributed by atoms with Crippen LogP contribution < -0.4 is 4.74 Å². The average molecular weight is 298 g/mol. The van der Waals surface area contributed by atoms with Gasteiger partial charge in [-0.05, 0) is 50.6 Å². The molecule has 0 unspecified atom stereocenters. The summed E-state index contributed by atoms with van der Waals surface area (Å²) in [4.78, 5) is 11.9. The lowest BCUT2D eigenvalue weighted by molar-refractivity contribution is -0.148. The van der Waals surface area contributed by atoms with E-state index in [1.807, 2.05) is 64.1 Å². The largest absolute Gasteiger partial charge is 0.493 e. The molecule has 0 fully saturated rings. The number of ether oxygens (including phenoxy) is 2. The molecule has 0 N–H and O–H groups in total. The Hall–Kier alpha value is -2.29. The molecular weight excluding hydrogens is 276 g/mol. The Morgan fingerprint density at radius 2 is 1.86 bits per heavy atom. The molecule has 116 valence electrons. The second-order valence-electron chi connectivity index (χ2n) is 6.00. The van der Waals surface area contributed by atoms with Gasteiger partial charge in [-0.15, -0.1) is 0 Å². The molecule has 0 spiro atoms. The van der Waals surface area contributed by atoms with Crippen LogP contribution in [-0.4, -0.2) is 18.2 Å². The van der Waals surface area contributed by atoms with E-state index in [1.54, 1.807) is 6.08 Å². The van der Waals surface area contributed by atoms with Gasteiger partial charge in [0.1, 0.15) is 11.4 Å². The van der Waals surface area contributed by atoms with Crippen LogP contribution in [0, 0.1) is 0 Å². The minimum absolute atomic E-state index is 0.358. The molecule has 0 saturated carbocycles. The van der Waals surface area contributed by atoms with E-state index in [9.17, 15) is 4.79 Å².